The average molecular weight is 298 g/mol. The van der Waals surface area contributed by atoms with Crippen LogP contribution in [0.1, 0.15) is 38.2 Å². The lowest BCUT2D eigenvalue weighted by Gasteiger charge is -2.09. The topological polar surface area (TPSA) is 47.3 Å². The molecule has 2 rings (SSSR count). The molecule has 0 aliphatic rings. The Morgan fingerprint density at radius 1 is 1.00 bits per heavy atom. The Hall–Kier alpha value is -2.16. The molecule has 0 aliphatic heterocycles. The van der Waals surface area contributed by atoms with Crippen molar-refractivity contribution in [1.29, 1.82) is 0 Å². The van der Waals surface area contributed by atoms with Crippen molar-refractivity contribution >= 4 is 11.4 Å². The van der Waals surface area contributed by atoms with Crippen molar-refractivity contribution in [3.8, 4) is 5.75 Å². The fraction of sp³-hybridized carbons (Fsp3) is 0.368. The summed E-state index contributed by atoms with van der Waals surface area (Å²) < 4.78 is 5.74. The summed E-state index contributed by atoms with van der Waals surface area (Å²) in [5, 5.41) is 3.39. The van der Waals surface area contributed by atoms with E-state index in [-0.39, 0.29) is 0 Å². The molecule has 0 amide bonds. The van der Waals surface area contributed by atoms with E-state index in [1.54, 1.807) is 0 Å². The van der Waals surface area contributed by atoms with Crippen molar-refractivity contribution in [3.05, 3.63) is 54.1 Å². The first-order valence-electron chi connectivity index (χ1n) is 8.09. The average Bonchev–Trinajstić information content (AvgIpc) is 2.54. The van der Waals surface area contributed by atoms with Crippen LogP contribution in [0, 0.1) is 0 Å². The number of hydrogen-bond acceptors (Lipinski definition) is 3. The third-order valence-corrected chi connectivity index (χ3v) is 3.57. The second-order valence-electron chi connectivity index (χ2n) is 5.53. The van der Waals surface area contributed by atoms with Gasteiger partial charge in [0.1, 0.15) is 5.75 Å². The van der Waals surface area contributed by atoms with Gasteiger partial charge >= 0.3 is 0 Å². The minimum absolute atomic E-state index is 0.766. The minimum Gasteiger partial charge on any atom is -0.494 e. The fourth-order valence-corrected chi connectivity index (χ4v) is 2.30. The normalized spacial score (nSPS) is 10.4. The molecule has 0 saturated heterocycles. The number of hydrogen-bond donors (Lipinski definition) is 2. The lowest BCUT2D eigenvalue weighted by Crippen LogP contribution is -2.00. The Labute approximate surface area is 133 Å². The van der Waals surface area contributed by atoms with Crippen LogP contribution in [0.4, 0.5) is 11.4 Å². The van der Waals surface area contributed by atoms with Gasteiger partial charge in [-0.15, -0.1) is 0 Å². The molecule has 3 heteroatoms. The Bertz CT molecular complexity index is 552. The van der Waals surface area contributed by atoms with E-state index in [0.29, 0.717) is 0 Å². The molecule has 0 saturated carbocycles. The van der Waals surface area contributed by atoms with Crippen LogP contribution < -0.4 is 15.8 Å². The van der Waals surface area contributed by atoms with Crippen molar-refractivity contribution in [1.82, 2.24) is 0 Å². The van der Waals surface area contributed by atoms with E-state index < -0.39 is 0 Å². The lowest BCUT2D eigenvalue weighted by molar-refractivity contribution is 0.305. The van der Waals surface area contributed by atoms with Gasteiger partial charge in [-0.2, -0.15) is 0 Å². The molecule has 118 valence electrons. The molecule has 3 N–H and O–H groups in total. The van der Waals surface area contributed by atoms with Crippen LogP contribution >= 0.6 is 0 Å². The molecule has 0 unspecified atom stereocenters. The molecule has 3 nitrogen and oxygen atoms in total. The maximum absolute atomic E-state index is 5.78. The Kier molecular flexibility index (Phi) is 6.62. The van der Waals surface area contributed by atoms with Gasteiger partial charge in [0.15, 0.2) is 0 Å². The summed E-state index contributed by atoms with van der Waals surface area (Å²) in [6.45, 7) is 3.79. The summed E-state index contributed by atoms with van der Waals surface area (Å²) in [6.07, 6.45) is 4.92. The molecular weight excluding hydrogens is 272 g/mol. The number of anilines is 2. The Morgan fingerprint density at radius 2 is 1.82 bits per heavy atom. The summed E-state index contributed by atoms with van der Waals surface area (Å²) in [6, 6.07) is 16.1. The molecular formula is C19H26N2O. The maximum atomic E-state index is 5.78. The van der Waals surface area contributed by atoms with Crippen LogP contribution in [0.5, 0.6) is 5.75 Å². The van der Waals surface area contributed by atoms with Gasteiger partial charge in [-0.3, -0.25) is 0 Å². The molecule has 2 aromatic rings. The summed E-state index contributed by atoms with van der Waals surface area (Å²) >= 11 is 0. The summed E-state index contributed by atoms with van der Waals surface area (Å²) in [7, 11) is 0. The number of rotatable bonds is 9. The van der Waals surface area contributed by atoms with E-state index in [9.17, 15) is 0 Å². The van der Waals surface area contributed by atoms with Gasteiger partial charge in [-0.05, 0) is 48.4 Å². The first-order valence-corrected chi connectivity index (χ1v) is 8.09. The van der Waals surface area contributed by atoms with E-state index >= 15 is 0 Å². The Morgan fingerprint density at radius 3 is 2.55 bits per heavy atom. The zero-order valence-corrected chi connectivity index (χ0v) is 13.3. The number of nitrogens with one attached hydrogen (secondary N) is 1. The highest BCUT2D eigenvalue weighted by molar-refractivity contribution is 5.48. The van der Waals surface area contributed by atoms with Crippen molar-refractivity contribution in [3.63, 3.8) is 0 Å². The van der Waals surface area contributed by atoms with E-state index in [0.717, 1.165) is 36.7 Å². The molecule has 0 heterocycles. The van der Waals surface area contributed by atoms with Gasteiger partial charge in [0.05, 0.1) is 6.61 Å². The number of unbranched alkanes of at least 4 members (excludes halogenated alkanes) is 3. The van der Waals surface area contributed by atoms with E-state index in [4.69, 9.17) is 10.5 Å². The Balaban J connectivity index is 1.74. The van der Waals surface area contributed by atoms with Gasteiger partial charge in [-0.1, -0.05) is 38.3 Å². The molecule has 0 atom stereocenters. The van der Waals surface area contributed by atoms with Crippen LogP contribution in [0.25, 0.3) is 0 Å². The molecule has 0 spiro atoms. The highest BCUT2D eigenvalue weighted by Crippen LogP contribution is 2.17. The zero-order chi connectivity index (χ0) is 15.6. The number of benzene rings is 2. The van der Waals surface area contributed by atoms with Crippen molar-refractivity contribution in [2.24, 2.45) is 0 Å². The van der Waals surface area contributed by atoms with Crippen LogP contribution in [0.3, 0.4) is 0 Å². The molecule has 0 aromatic heterocycles. The second kappa shape index (κ2) is 8.98. The number of ether oxygens (including phenoxy) is 1. The SMILES string of the molecule is CCCCCCOc1ccc(NCc2cccc(N)c2)cc1. The highest BCUT2D eigenvalue weighted by atomic mass is 16.5. The van der Waals surface area contributed by atoms with E-state index in [2.05, 4.69) is 18.3 Å². The summed E-state index contributed by atoms with van der Waals surface area (Å²) in [5.41, 5.74) is 8.84. The van der Waals surface area contributed by atoms with Crippen LogP contribution in [-0.4, -0.2) is 6.61 Å². The van der Waals surface area contributed by atoms with Gasteiger partial charge in [-0.25, -0.2) is 0 Å². The lowest BCUT2D eigenvalue weighted by atomic mass is 10.2. The first-order chi connectivity index (χ1) is 10.8. The van der Waals surface area contributed by atoms with Crippen molar-refractivity contribution < 1.29 is 4.74 Å². The van der Waals surface area contributed by atoms with Crippen molar-refractivity contribution in [2.45, 2.75) is 39.2 Å². The monoisotopic (exact) mass is 298 g/mol. The molecule has 22 heavy (non-hydrogen) atoms. The molecule has 0 radical (unpaired) electrons. The quantitative estimate of drug-likeness (QED) is 0.514. The van der Waals surface area contributed by atoms with Gasteiger partial charge in [0.2, 0.25) is 0 Å². The largest absolute Gasteiger partial charge is 0.494 e. The molecule has 0 aliphatic carbocycles. The second-order valence-corrected chi connectivity index (χ2v) is 5.53. The zero-order valence-electron chi connectivity index (χ0n) is 13.3. The smallest absolute Gasteiger partial charge is 0.119 e. The third-order valence-electron chi connectivity index (χ3n) is 3.57. The molecule has 0 fully saturated rings. The fourth-order valence-electron chi connectivity index (χ4n) is 2.30. The van der Waals surface area contributed by atoms with Crippen LogP contribution in [-0.2, 0) is 6.54 Å². The molecule has 2 aromatic carbocycles. The van der Waals surface area contributed by atoms with E-state index in [1.165, 1.54) is 24.8 Å². The standard InChI is InChI=1S/C19H26N2O/c1-2-3-4-5-13-22-19-11-9-18(10-12-19)21-15-16-7-6-8-17(20)14-16/h6-12,14,21H,2-5,13,15,20H2,1H3. The first kappa shape index (κ1) is 16.2. The minimum atomic E-state index is 0.766. The predicted octanol–water partition coefficient (Wildman–Crippen LogP) is 4.84. The molecule has 0 bridgehead atoms. The van der Waals surface area contributed by atoms with Gasteiger partial charge in [0, 0.05) is 17.9 Å². The summed E-state index contributed by atoms with van der Waals surface area (Å²) in [4.78, 5) is 0. The maximum Gasteiger partial charge on any atom is 0.119 e. The van der Waals surface area contributed by atoms with Gasteiger partial charge < -0.3 is 15.8 Å². The number of nitrogens with two attached hydrogens (primary N) is 1. The van der Waals surface area contributed by atoms with Crippen LogP contribution in [0.2, 0.25) is 0 Å². The summed E-state index contributed by atoms with van der Waals surface area (Å²) in [5.74, 6) is 0.936. The third kappa shape index (κ3) is 5.68. The van der Waals surface area contributed by atoms with E-state index in [1.807, 2.05) is 42.5 Å². The highest BCUT2D eigenvalue weighted by Gasteiger charge is 1.97. The predicted molar refractivity (Wildman–Crippen MR) is 94.3 cm³/mol. The van der Waals surface area contributed by atoms with Crippen LogP contribution in [0.15, 0.2) is 48.5 Å². The van der Waals surface area contributed by atoms with Gasteiger partial charge in [0.25, 0.3) is 0 Å². The van der Waals surface area contributed by atoms with Crippen molar-refractivity contribution in [2.75, 3.05) is 17.7 Å². The number of nitrogen functional groups attached to an aromatic ring is 1.